The minimum absolute atomic E-state index is 0.185. The van der Waals surface area contributed by atoms with Crippen molar-refractivity contribution in [3.8, 4) is 0 Å². The molecule has 2 N–H and O–H groups in total. The molecule has 0 bridgehead atoms. The molecule has 0 saturated heterocycles. The second kappa shape index (κ2) is 6.37. The van der Waals surface area contributed by atoms with E-state index in [1.807, 2.05) is 19.1 Å². The van der Waals surface area contributed by atoms with Crippen LogP contribution in [0.5, 0.6) is 0 Å². The second-order valence-corrected chi connectivity index (χ2v) is 5.83. The zero-order chi connectivity index (χ0) is 13.8. The third-order valence-electron chi connectivity index (χ3n) is 2.64. The van der Waals surface area contributed by atoms with Gasteiger partial charge >= 0.3 is 0 Å². The molecule has 19 heavy (non-hydrogen) atoms. The molecular weight excluding hydrogens is 283 g/mol. The third kappa shape index (κ3) is 3.69. The summed E-state index contributed by atoms with van der Waals surface area (Å²) in [4.78, 5) is 4.21. The highest BCUT2D eigenvalue weighted by molar-refractivity contribution is 7.99. The standard InChI is InChI=1S/C14H14ClFN2S/c1-9(17)14(11-4-2-3-5-12(11)16)19-13-7-6-10(15)8-18-13/h2-9,14H,17H2,1H3. The lowest BCUT2D eigenvalue weighted by Gasteiger charge is -2.20. The van der Waals surface area contributed by atoms with Gasteiger partial charge in [-0.1, -0.05) is 41.6 Å². The summed E-state index contributed by atoms with van der Waals surface area (Å²) in [6.45, 7) is 1.86. The number of thioether (sulfide) groups is 1. The van der Waals surface area contributed by atoms with Crippen LogP contribution in [-0.2, 0) is 0 Å². The Morgan fingerprint density at radius 2 is 2.00 bits per heavy atom. The molecule has 1 aromatic heterocycles. The van der Waals surface area contributed by atoms with Gasteiger partial charge in [0.15, 0.2) is 0 Å². The van der Waals surface area contributed by atoms with Crippen LogP contribution >= 0.6 is 23.4 Å². The summed E-state index contributed by atoms with van der Waals surface area (Å²) >= 11 is 7.23. The highest BCUT2D eigenvalue weighted by Crippen LogP contribution is 2.37. The first-order valence-electron chi connectivity index (χ1n) is 5.86. The fraction of sp³-hybridized carbons (Fsp3) is 0.214. The lowest BCUT2D eigenvalue weighted by molar-refractivity contribution is 0.592. The summed E-state index contributed by atoms with van der Waals surface area (Å²) in [6.07, 6.45) is 1.57. The highest BCUT2D eigenvalue weighted by atomic mass is 35.5. The van der Waals surface area contributed by atoms with E-state index in [0.29, 0.717) is 10.6 Å². The minimum atomic E-state index is -0.244. The van der Waals surface area contributed by atoms with E-state index < -0.39 is 0 Å². The Balaban J connectivity index is 2.27. The predicted molar refractivity (Wildman–Crippen MR) is 77.9 cm³/mol. The maximum Gasteiger partial charge on any atom is 0.127 e. The Morgan fingerprint density at radius 1 is 1.26 bits per heavy atom. The number of hydrogen-bond donors (Lipinski definition) is 1. The Kier molecular flexibility index (Phi) is 4.80. The monoisotopic (exact) mass is 296 g/mol. The molecule has 1 heterocycles. The van der Waals surface area contributed by atoms with Crippen molar-refractivity contribution in [1.82, 2.24) is 4.98 Å². The summed E-state index contributed by atoms with van der Waals surface area (Å²) in [6, 6.07) is 10.1. The maximum atomic E-state index is 13.9. The lowest BCUT2D eigenvalue weighted by atomic mass is 10.1. The van der Waals surface area contributed by atoms with Crippen molar-refractivity contribution < 1.29 is 4.39 Å². The first-order chi connectivity index (χ1) is 9.08. The molecule has 2 aromatic rings. The summed E-state index contributed by atoms with van der Waals surface area (Å²) in [5.74, 6) is -0.244. The van der Waals surface area contributed by atoms with Crippen LogP contribution < -0.4 is 5.73 Å². The second-order valence-electron chi connectivity index (χ2n) is 4.23. The number of nitrogens with two attached hydrogens (primary N) is 1. The van der Waals surface area contributed by atoms with E-state index in [9.17, 15) is 4.39 Å². The van der Waals surface area contributed by atoms with Gasteiger partial charge in [-0.3, -0.25) is 0 Å². The van der Waals surface area contributed by atoms with Crippen LogP contribution in [0.3, 0.4) is 0 Å². The molecule has 0 aliphatic heterocycles. The first-order valence-corrected chi connectivity index (χ1v) is 7.12. The van der Waals surface area contributed by atoms with Gasteiger partial charge in [-0.2, -0.15) is 0 Å². The lowest BCUT2D eigenvalue weighted by Crippen LogP contribution is -2.23. The number of halogens is 2. The largest absolute Gasteiger partial charge is 0.327 e. The Bertz CT molecular complexity index is 545. The van der Waals surface area contributed by atoms with Crippen molar-refractivity contribution >= 4 is 23.4 Å². The Labute approximate surface area is 121 Å². The van der Waals surface area contributed by atoms with Gasteiger partial charge in [0.05, 0.1) is 15.3 Å². The fourth-order valence-corrected chi connectivity index (χ4v) is 2.89. The molecule has 0 radical (unpaired) electrons. The van der Waals surface area contributed by atoms with E-state index >= 15 is 0 Å². The van der Waals surface area contributed by atoms with Crippen LogP contribution in [-0.4, -0.2) is 11.0 Å². The number of benzene rings is 1. The van der Waals surface area contributed by atoms with E-state index in [1.54, 1.807) is 24.4 Å². The summed E-state index contributed by atoms with van der Waals surface area (Å²) in [7, 11) is 0. The molecule has 100 valence electrons. The number of rotatable bonds is 4. The van der Waals surface area contributed by atoms with E-state index in [0.717, 1.165) is 5.03 Å². The van der Waals surface area contributed by atoms with Crippen LogP contribution in [0.1, 0.15) is 17.7 Å². The van der Waals surface area contributed by atoms with Gasteiger partial charge < -0.3 is 5.73 Å². The highest BCUT2D eigenvalue weighted by Gasteiger charge is 2.21. The van der Waals surface area contributed by atoms with Crippen LogP contribution in [0, 0.1) is 5.82 Å². The number of hydrogen-bond acceptors (Lipinski definition) is 3. The normalized spacial score (nSPS) is 14.1. The topological polar surface area (TPSA) is 38.9 Å². The van der Waals surface area contributed by atoms with Gasteiger partial charge in [-0.25, -0.2) is 9.37 Å². The predicted octanol–water partition coefficient (Wildman–Crippen LogP) is 4.05. The molecule has 0 aliphatic carbocycles. The average molecular weight is 297 g/mol. The molecule has 0 spiro atoms. The summed E-state index contributed by atoms with van der Waals surface area (Å²) < 4.78 is 13.9. The molecular formula is C14H14ClFN2S. The number of pyridine rings is 1. The molecule has 1 aromatic carbocycles. The van der Waals surface area contributed by atoms with E-state index in [2.05, 4.69) is 4.98 Å². The number of aromatic nitrogens is 1. The van der Waals surface area contributed by atoms with Crippen molar-refractivity contribution in [3.63, 3.8) is 0 Å². The molecule has 2 atom stereocenters. The molecule has 0 fully saturated rings. The first kappa shape index (κ1) is 14.3. The van der Waals surface area contributed by atoms with Gasteiger partial charge in [0.1, 0.15) is 5.82 Å². The third-order valence-corrected chi connectivity index (χ3v) is 4.28. The van der Waals surface area contributed by atoms with Gasteiger partial charge in [0.25, 0.3) is 0 Å². The van der Waals surface area contributed by atoms with Gasteiger partial charge in [-0.15, -0.1) is 0 Å². The van der Waals surface area contributed by atoms with E-state index in [4.69, 9.17) is 17.3 Å². The summed E-state index contributed by atoms with van der Waals surface area (Å²) in [5, 5.41) is 1.16. The quantitative estimate of drug-likeness (QED) is 0.865. The van der Waals surface area contributed by atoms with Crippen LogP contribution in [0.15, 0.2) is 47.6 Å². The van der Waals surface area contributed by atoms with Crippen molar-refractivity contribution in [2.45, 2.75) is 23.2 Å². The van der Waals surface area contributed by atoms with E-state index in [1.165, 1.54) is 17.8 Å². The van der Waals surface area contributed by atoms with Crippen molar-refractivity contribution in [1.29, 1.82) is 0 Å². The van der Waals surface area contributed by atoms with E-state index in [-0.39, 0.29) is 17.1 Å². The maximum absolute atomic E-state index is 13.9. The molecule has 0 amide bonds. The smallest absolute Gasteiger partial charge is 0.127 e. The van der Waals surface area contributed by atoms with Gasteiger partial charge in [0, 0.05) is 17.8 Å². The zero-order valence-electron chi connectivity index (χ0n) is 10.4. The molecule has 5 heteroatoms. The Hall–Kier alpha value is -1.10. The fourth-order valence-electron chi connectivity index (χ4n) is 1.72. The van der Waals surface area contributed by atoms with Gasteiger partial charge in [0.2, 0.25) is 0 Å². The van der Waals surface area contributed by atoms with Crippen LogP contribution in [0.4, 0.5) is 4.39 Å². The molecule has 2 nitrogen and oxygen atoms in total. The van der Waals surface area contributed by atoms with Crippen molar-refractivity contribution in [2.24, 2.45) is 5.73 Å². The summed E-state index contributed by atoms with van der Waals surface area (Å²) in [5.41, 5.74) is 6.57. The number of nitrogens with zero attached hydrogens (tertiary/aromatic N) is 1. The zero-order valence-corrected chi connectivity index (χ0v) is 12.0. The van der Waals surface area contributed by atoms with Crippen LogP contribution in [0.25, 0.3) is 0 Å². The average Bonchev–Trinajstić information content (AvgIpc) is 2.39. The SMILES string of the molecule is CC(N)C(Sc1ccc(Cl)cn1)c1ccccc1F. The minimum Gasteiger partial charge on any atom is -0.327 e. The van der Waals surface area contributed by atoms with Crippen LogP contribution in [0.2, 0.25) is 5.02 Å². The molecule has 0 aliphatic rings. The Morgan fingerprint density at radius 3 is 2.58 bits per heavy atom. The van der Waals surface area contributed by atoms with Gasteiger partial charge in [-0.05, 0) is 25.1 Å². The van der Waals surface area contributed by atoms with Crippen molar-refractivity contribution in [2.75, 3.05) is 0 Å². The molecule has 2 rings (SSSR count). The molecule has 0 saturated carbocycles. The molecule has 2 unspecified atom stereocenters. The van der Waals surface area contributed by atoms with Crippen molar-refractivity contribution in [3.05, 3.63) is 59.0 Å².